The fourth-order valence-corrected chi connectivity index (χ4v) is 3.22. The van der Waals surface area contributed by atoms with E-state index in [1.807, 2.05) is 0 Å². The molecule has 1 atom stereocenters. The Balaban J connectivity index is 1.78. The van der Waals surface area contributed by atoms with Gasteiger partial charge in [-0.25, -0.2) is 4.68 Å². The molecule has 0 aliphatic heterocycles. The van der Waals surface area contributed by atoms with Crippen molar-refractivity contribution in [1.29, 1.82) is 0 Å². The van der Waals surface area contributed by atoms with Gasteiger partial charge >= 0.3 is 6.18 Å². The topological polar surface area (TPSA) is 55.1 Å². The molecule has 0 radical (unpaired) electrons. The average Bonchev–Trinajstić information content (AvgIpc) is 2.55. The summed E-state index contributed by atoms with van der Waals surface area (Å²) in [5.74, 6) is 0. The van der Waals surface area contributed by atoms with E-state index in [4.69, 9.17) is 0 Å². The number of aryl methyl sites for hydroxylation is 2. The summed E-state index contributed by atoms with van der Waals surface area (Å²) in [5.41, 5.74) is 0.690. The molecule has 1 heterocycles. The van der Waals surface area contributed by atoms with Crippen molar-refractivity contribution in [1.82, 2.24) is 9.78 Å². The number of aromatic nitrogens is 2. The molecule has 3 rings (SSSR count). The number of aliphatic hydroxyl groups excluding tert-OH is 1. The Labute approximate surface area is 142 Å². The highest BCUT2D eigenvalue weighted by atomic mass is 19.4. The molecule has 7 heteroatoms. The standard InChI is InChI=1S/C18H19F3N2O2/c19-18(20,21)15-7-3-1-5-12(15)9-14(24)11-23-17(25)10-13-6-2-4-8-16(13)22-23/h1,3,5,7,10,14,24H,2,4,6,8-9,11H2. The summed E-state index contributed by atoms with van der Waals surface area (Å²) in [7, 11) is 0. The normalized spacial score (nSPS) is 15.7. The molecule has 1 aromatic heterocycles. The van der Waals surface area contributed by atoms with Gasteiger partial charge < -0.3 is 5.11 Å². The highest BCUT2D eigenvalue weighted by Gasteiger charge is 2.33. The maximum Gasteiger partial charge on any atom is 0.416 e. The Morgan fingerprint density at radius 1 is 1.20 bits per heavy atom. The lowest BCUT2D eigenvalue weighted by molar-refractivity contribution is -0.138. The fourth-order valence-electron chi connectivity index (χ4n) is 3.22. The highest BCUT2D eigenvalue weighted by Crippen LogP contribution is 2.32. The molecule has 1 aliphatic carbocycles. The molecular formula is C18H19F3N2O2. The van der Waals surface area contributed by atoms with Crippen LogP contribution in [0.4, 0.5) is 13.2 Å². The predicted molar refractivity (Wildman–Crippen MR) is 86.3 cm³/mol. The molecule has 0 saturated carbocycles. The number of benzene rings is 1. The van der Waals surface area contributed by atoms with Crippen LogP contribution in [-0.2, 0) is 32.0 Å². The van der Waals surface area contributed by atoms with Crippen LogP contribution in [0.3, 0.4) is 0 Å². The van der Waals surface area contributed by atoms with Crippen molar-refractivity contribution in [2.75, 3.05) is 0 Å². The van der Waals surface area contributed by atoms with Gasteiger partial charge in [0.25, 0.3) is 5.56 Å². The van der Waals surface area contributed by atoms with E-state index in [1.165, 1.54) is 24.3 Å². The first-order chi connectivity index (χ1) is 11.8. The van der Waals surface area contributed by atoms with Crippen LogP contribution in [0.2, 0.25) is 0 Å². The van der Waals surface area contributed by atoms with Gasteiger partial charge in [0, 0.05) is 12.5 Å². The first-order valence-corrected chi connectivity index (χ1v) is 8.27. The van der Waals surface area contributed by atoms with E-state index in [9.17, 15) is 23.1 Å². The summed E-state index contributed by atoms with van der Waals surface area (Å²) < 4.78 is 40.2. The summed E-state index contributed by atoms with van der Waals surface area (Å²) in [6.07, 6.45) is -2.18. The van der Waals surface area contributed by atoms with Crippen molar-refractivity contribution in [2.45, 2.75) is 50.9 Å². The molecule has 0 saturated heterocycles. The molecule has 134 valence electrons. The van der Waals surface area contributed by atoms with Crippen LogP contribution >= 0.6 is 0 Å². The van der Waals surface area contributed by atoms with Gasteiger partial charge in [-0.3, -0.25) is 4.79 Å². The van der Waals surface area contributed by atoms with Gasteiger partial charge in [0.2, 0.25) is 0 Å². The molecule has 0 amide bonds. The Morgan fingerprint density at radius 3 is 2.68 bits per heavy atom. The molecule has 0 spiro atoms. The van der Waals surface area contributed by atoms with E-state index in [1.54, 1.807) is 0 Å². The third-order valence-electron chi connectivity index (χ3n) is 4.44. The fraction of sp³-hybridized carbons (Fsp3) is 0.444. The largest absolute Gasteiger partial charge is 0.416 e. The zero-order chi connectivity index (χ0) is 18.0. The van der Waals surface area contributed by atoms with E-state index in [2.05, 4.69) is 5.10 Å². The van der Waals surface area contributed by atoms with Gasteiger partial charge in [-0.1, -0.05) is 18.2 Å². The number of hydrogen-bond acceptors (Lipinski definition) is 3. The lowest BCUT2D eigenvalue weighted by Crippen LogP contribution is -2.32. The van der Waals surface area contributed by atoms with Crippen LogP contribution in [0.5, 0.6) is 0 Å². The minimum absolute atomic E-state index is 0.00788. The Bertz CT molecular complexity index is 815. The first-order valence-electron chi connectivity index (χ1n) is 8.27. The first kappa shape index (κ1) is 17.7. The Kier molecular flexibility index (Phi) is 4.94. The lowest BCUT2D eigenvalue weighted by Gasteiger charge is -2.18. The molecule has 25 heavy (non-hydrogen) atoms. The summed E-state index contributed by atoms with van der Waals surface area (Å²) in [5, 5.41) is 14.5. The second-order valence-corrected chi connectivity index (χ2v) is 6.36. The lowest BCUT2D eigenvalue weighted by atomic mass is 9.97. The second kappa shape index (κ2) is 7.00. The van der Waals surface area contributed by atoms with Crippen molar-refractivity contribution in [3.63, 3.8) is 0 Å². The van der Waals surface area contributed by atoms with Crippen LogP contribution in [-0.4, -0.2) is 21.0 Å². The molecular weight excluding hydrogens is 333 g/mol. The molecule has 1 aliphatic rings. The van der Waals surface area contributed by atoms with Crippen LogP contribution in [0.1, 0.15) is 35.2 Å². The molecule has 4 nitrogen and oxygen atoms in total. The van der Waals surface area contributed by atoms with Gasteiger partial charge in [0.05, 0.1) is 23.9 Å². The van der Waals surface area contributed by atoms with Crippen LogP contribution in [0, 0.1) is 0 Å². The number of aliphatic hydroxyl groups is 1. The third-order valence-corrected chi connectivity index (χ3v) is 4.44. The van der Waals surface area contributed by atoms with Crippen molar-refractivity contribution >= 4 is 0 Å². The maximum atomic E-state index is 13.0. The Hall–Kier alpha value is -2.15. The smallest absolute Gasteiger partial charge is 0.391 e. The van der Waals surface area contributed by atoms with Crippen molar-refractivity contribution in [3.05, 3.63) is 63.1 Å². The van der Waals surface area contributed by atoms with Crippen molar-refractivity contribution in [3.8, 4) is 0 Å². The van der Waals surface area contributed by atoms with E-state index in [0.29, 0.717) is 0 Å². The monoisotopic (exact) mass is 352 g/mol. The molecule has 0 fully saturated rings. The van der Waals surface area contributed by atoms with Gasteiger partial charge in [0.1, 0.15) is 0 Å². The summed E-state index contributed by atoms with van der Waals surface area (Å²) in [4.78, 5) is 12.1. The van der Waals surface area contributed by atoms with E-state index < -0.39 is 17.8 Å². The molecule has 0 bridgehead atoms. The molecule has 1 unspecified atom stereocenters. The predicted octanol–water partition coefficient (Wildman–Crippen LogP) is 2.74. The van der Waals surface area contributed by atoms with Crippen LogP contribution in [0.15, 0.2) is 35.1 Å². The van der Waals surface area contributed by atoms with Crippen molar-refractivity contribution in [2.24, 2.45) is 0 Å². The molecule has 1 aromatic carbocycles. The third kappa shape index (κ3) is 4.10. The van der Waals surface area contributed by atoms with Crippen molar-refractivity contribution < 1.29 is 18.3 Å². The van der Waals surface area contributed by atoms with Gasteiger partial charge in [0.15, 0.2) is 0 Å². The van der Waals surface area contributed by atoms with Gasteiger partial charge in [-0.15, -0.1) is 0 Å². The van der Waals surface area contributed by atoms with E-state index in [0.717, 1.165) is 47.7 Å². The molecule has 1 N–H and O–H groups in total. The summed E-state index contributed by atoms with van der Waals surface area (Å²) in [6, 6.07) is 6.67. The number of halogens is 3. The van der Waals surface area contributed by atoms with Gasteiger partial charge in [-0.05, 0) is 42.9 Å². The number of fused-ring (bicyclic) bond motifs is 1. The summed E-state index contributed by atoms with van der Waals surface area (Å²) in [6.45, 7) is -0.127. The Morgan fingerprint density at radius 2 is 1.92 bits per heavy atom. The van der Waals surface area contributed by atoms with Gasteiger partial charge in [-0.2, -0.15) is 18.3 Å². The zero-order valence-corrected chi connectivity index (χ0v) is 13.6. The average molecular weight is 352 g/mol. The van der Waals surface area contributed by atoms with E-state index >= 15 is 0 Å². The maximum absolute atomic E-state index is 13.0. The molecule has 2 aromatic rings. The second-order valence-electron chi connectivity index (χ2n) is 6.36. The highest BCUT2D eigenvalue weighted by molar-refractivity contribution is 5.30. The minimum atomic E-state index is -4.47. The number of alkyl halides is 3. The number of rotatable bonds is 4. The van der Waals surface area contributed by atoms with Crippen LogP contribution in [0.25, 0.3) is 0 Å². The van der Waals surface area contributed by atoms with E-state index in [-0.39, 0.29) is 24.1 Å². The number of hydrogen-bond donors (Lipinski definition) is 1. The number of nitrogens with zero attached hydrogens (tertiary/aromatic N) is 2. The quantitative estimate of drug-likeness (QED) is 0.921. The minimum Gasteiger partial charge on any atom is -0.391 e. The zero-order valence-electron chi connectivity index (χ0n) is 13.6. The summed E-state index contributed by atoms with van der Waals surface area (Å²) >= 11 is 0. The SMILES string of the molecule is O=c1cc2c(nn1CC(O)Cc1ccccc1C(F)(F)F)CCCC2. The van der Waals surface area contributed by atoms with Crippen LogP contribution < -0.4 is 5.56 Å².